The molecule has 0 unspecified atom stereocenters. The molecule has 1 N–H and O–H groups in total. The zero-order chi connectivity index (χ0) is 38.0. The Labute approximate surface area is 364 Å². The largest absolute Gasteiger partial charge is 2.00 e. The molecule has 59 heavy (non-hydrogen) atoms. The van der Waals surface area contributed by atoms with Gasteiger partial charge in [-0.1, -0.05) is 109 Å². The fraction of sp³-hybridized carbons (Fsp3) is 0.160. The van der Waals surface area contributed by atoms with Crippen LogP contribution in [0.25, 0.3) is 0 Å². The molecule has 0 fully saturated rings. The SMILES string of the molecule is C1=CC2C=CC1C2.FB(F)F.OCc1cc2c([PH+](c3ccccc3)c3ccccc3)cc1CCc1ccc(cc1[PH+](c1ccccc1)c1ccccc1)CC2.[CH3-].[CH3-].[F-].[Rh+2]. The molecule has 0 atom stereocenters. The van der Waals surface area contributed by atoms with Gasteiger partial charge < -0.3 is 24.7 Å². The van der Waals surface area contributed by atoms with Crippen LogP contribution >= 0.6 is 15.8 Å². The summed E-state index contributed by atoms with van der Waals surface area (Å²) in [5.74, 6) is 1.62. The van der Waals surface area contributed by atoms with Crippen molar-refractivity contribution in [1.82, 2.24) is 0 Å². The first-order chi connectivity index (χ1) is 27.0. The van der Waals surface area contributed by atoms with E-state index in [9.17, 15) is 18.1 Å². The molecule has 6 aliphatic carbocycles. The van der Waals surface area contributed by atoms with Crippen LogP contribution in [0, 0.1) is 26.7 Å². The average Bonchev–Trinajstić information content (AvgIpc) is 3.88. The first-order valence-electron chi connectivity index (χ1n) is 19.1. The number of benzene rings is 6. The molecule has 12 rings (SSSR count). The first-order valence-corrected chi connectivity index (χ1v) is 22.1. The van der Waals surface area contributed by atoms with Crippen molar-refractivity contribution in [1.29, 1.82) is 0 Å². The summed E-state index contributed by atoms with van der Waals surface area (Å²) >= 11 is 0. The maximum atomic E-state index is 10.6. The molecule has 6 aromatic carbocycles. The quantitative estimate of drug-likeness (QED) is 0.0633. The number of allylic oxidation sites excluding steroid dienone is 4. The minimum atomic E-state index is -3.67. The number of hydrogen-bond acceptors (Lipinski definition) is 1. The van der Waals surface area contributed by atoms with Crippen LogP contribution in [0.5, 0.6) is 0 Å². The van der Waals surface area contributed by atoms with E-state index in [2.05, 4.69) is 176 Å². The molecule has 0 heterocycles. The standard InChI is InChI=1S/C41H36OP2.C7H8.2CH3.BF3.FH.Rh/c42-30-35-28-34-24-22-31-21-23-32(40(27-31)43(36-13-5-1-6-14-36)37-15-7-2-8-16-37)25-26-33(35)29-41(34)44(38-17-9-3-10-18-38)39-19-11-4-12-20-39;1-2-7-4-3-6(1)5-7;;;2-1(3)4;;/h1-21,23,27-29,42H,22,24-26,30H2;1-4,6-7H,5H2;2*1H3;;1H;/q;;2*-1;;;+2/p+1. The molecular weight excluding hydrogens is 868 g/mol. The summed E-state index contributed by atoms with van der Waals surface area (Å²) < 4.78 is 29.0. The molecule has 0 aromatic heterocycles. The molecule has 6 aliphatic rings. The summed E-state index contributed by atoms with van der Waals surface area (Å²) in [5.41, 5.74) is 6.57. The van der Waals surface area contributed by atoms with Crippen LogP contribution in [0.1, 0.15) is 34.2 Å². The van der Waals surface area contributed by atoms with E-state index in [-0.39, 0.29) is 45.6 Å². The van der Waals surface area contributed by atoms with Gasteiger partial charge in [-0.25, -0.2) is 0 Å². The smallest absolute Gasteiger partial charge is 1.00 e. The molecule has 0 saturated heterocycles. The molecule has 1 nitrogen and oxygen atoms in total. The summed E-state index contributed by atoms with van der Waals surface area (Å²) in [6.45, 7) is 0.0782. The van der Waals surface area contributed by atoms with E-state index in [4.69, 9.17) is 0 Å². The van der Waals surface area contributed by atoms with Gasteiger partial charge in [0.15, 0.2) is 0 Å². The monoisotopic (exact) mass is 920 g/mol. The van der Waals surface area contributed by atoms with Gasteiger partial charge >= 0.3 is 27.0 Å². The van der Waals surface area contributed by atoms with Crippen LogP contribution < -0.4 is 36.5 Å². The number of aryl methyl sites for hydroxylation is 4. The number of halogens is 4. The molecule has 6 bridgehead atoms. The third-order valence-corrected chi connectivity index (χ3v) is 16.3. The van der Waals surface area contributed by atoms with E-state index >= 15 is 0 Å². The summed E-state index contributed by atoms with van der Waals surface area (Å²) in [5, 5.41) is 19.2. The van der Waals surface area contributed by atoms with Gasteiger partial charge in [0.2, 0.25) is 0 Å². The number of aliphatic hydroxyl groups is 1. The Balaban J connectivity index is 0.000000540. The van der Waals surface area contributed by atoms with Crippen LogP contribution in [0.4, 0.5) is 12.9 Å². The molecular formula is C50H52BF4OP2Rh+. The van der Waals surface area contributed by atoms with Crippen LogP contribution in [-0.2, 0) is 51.8 Å². The van der Waals surface area contributed by atoms with Crippen molar-refractivity contribution >= 4 is 55.2 Å². The zero-order valence-electron chi connectivity index (χ0n) is 33.5. The van der Waals surface area contributed by atoms with Crippen LogP contribution in [-0.4, -0.2) is 12.7 Å². The Bertz CT molecular complexity index is 2100. The van der Waals surface area contributed by atoms with E-state index in [1.54, 1.807) is 0 Å². The van der Waals surface area contributed by atoms with Crippen molar-refractivity contribution in [2.45, 2.75) is 38.7 Å². The van der Waals surface area contributed by atoms with Gasteiger partial charge in [0.05, 0.1) is 22.5 Å². The van der Waals surface area contributed by atoms with Crippen LogP contribution in [0.3, 0.4) is 0 Å². The van der Waals surface area contributed by atoms with Gasteiger partial charge in [-0.15, -0.1) is 0 Å². The molecule has 0 aliphatic heterocycles. The van der Waals surface area contributed by atoms with E-state index in [1.165, 1.54) is 60.5 Å². The molecule has 307 valence electrons. The van der Waals surface area contributed by atoms with Gasteiger partial charge in [0, 0.05) is 0 Å². The predicted molar refractivity (Wildman–Crippen MR) is 246 cm³/mol. The third-order valence-electron chi connectivity index (χ3n) is 10.7. The second kappa shape index (κ2) is 24.3. The summed E-state index contributed by atoms with van der Waals surface area (Å²) in [6, 6.07) is 56.4. The van der Waals surface area contributed by atoms with Crippen LogP contribution in [0.15, 0.2) is 176 Å². The van der Waals surface area contributed by atoms with Crippen molar-refractivity contribution in [2.24, 2.45) is 11.8 Å². The van der Waals surface area contributed by atoms with Crippen molar-refractivity contribution in [3.63, 3.8) is 0 Å². The third kappa shape index (κ3) is 12.8. The Morgan fingerprint density at radius 3 is 1.24 bits per heavy atom. The molecule has 1 radical (unpaired) electrons. The summed E-state index contributed by atoms with van der Waals surface area (Å²) in [7, 11) is -6.07. The van der Waals surface area contributed by atoms with Gasteiger partial charge in [-0.3, -0.25) is 12.9 Å². The normalized spacial score (nSPS) is 15.2. The van der Waals surface area contributed by atoms with E-state index in [0.717, 1.165) is 43.1 Å². The number of aliphatic hydroxyl groups excluding tert-OH is 1. The number of hydrogen-bond donors (Lipinski definition) is 1. The topological polar surface area (TPSA) is 20.2 Å². The minimum absolute atomic E-state index is 0. The van der Waals surface area contributed by atoms with Gasteiger partial charge in [0.1, 0.15) is 31.8 Å². The van der Waals surface area contributed by atoms with Crippen molar-refractivity contribution in [2.75, 3.05) is 0 Å². The fourth-order valence-electron chi connectivity index (χ4n) is 8.04. The fourth-order valence-corrected chi connectivity index (χ4v) is 13.8. The van der Waals surface area contributed by atoms with E-state index in [0.29, 0.717) is 0 Å². The second-order valence-electron chi connectivity index (χ2n) is 14.2. The first kappa shape index (κ1) is 49.4. The van der Waals surface area contributed by atoms with Crippen LogP contribution in [0.2, 0.25) is 0 Å². The second-order valence-corrected chi connectivity index (χ2v) is 19.1. The van der Waals surface area contributed by atoms with E-state index in [1.807, 2.05) is 0 Å². The predicted octanol–water partition coefficient (Wildman–Crippen LogP) is 6.57. The van der Waals surface area contributed by atoms with Crippen molar-refractivity contribution in [3.8, 4) is 0 Å². The molecule has 9 heteroatoms. The van der Waals surface area contributed by atoms with Gasteiger partial charge in [-0.05, 0) is 138 Å². The number of fused-ring (bicyclic) bond motifs is 2. The molecule has 0 spiro atoms. The Morgan fingerprint density at radius 2 is 0.864 bits per heavy atom. The Hall–Kier alpha value is -3.97. The average molecular weight is 921 g/mol. The van der Waals surface area contributed by atoms with Crippen molar-refractivity contribution < 1.29 is 42.2 Å². The maximum Gasteiger partial charge on any atom is 2.00 e. The summed E-state index contributed by atoms with van der Waals surface area (Å²) in [4.78, 5) is 0. The Morgan fingerprint density at radius 1 is 0.492 bits per heavy atom. The molecule has 0 amide bonds. The van der Waals surface area contributed by atoms with Gasteiger partial charge in [-0.2, -0.15) is 0 Å². The molecule has 0 saturated carbocycles. The van der Waals surface area contributed by atoms with E-state index < -0.39 is 23.4 Å². The summed E-state index contributed by atoms with van der Waals surface area (Å²) in [6.07, 6.45) is 14.3. The zero-order valence-corrected chi connectivity index (χ0v) is 37.1. The Kier molecular flexibility index (Phi) is 20.4. The molecule has 6 aromatic rings. The minimum Gasteiger partial charge on any atom is -1.00 e. The van der Waals surface area contributed by atoms with Crippen molar-refractivity contribution in [3.05, 3.63) is 219 Å². The van der Waals surface area contributed by atoms with Gasteiger partial charge in [0.25, 0.3) is 0 Å². The maximum absolute atomic E-state index is 10.6. The number of rotatable bonds is 7.